The van der Waals surface area contributed by atoms with Crippen molar-refractivity contribution in [1.29, 1.82) is 0 Å². The SMILES string of the molecule is Cc1ccc(C(NC(=O)c2ccc(NC(=O)NC(C)C)cc2)C2CC2)cc1. The molecule has 2 aromatic rings. The third-order valence-electron chi connectivity index (χ3n) is 4.64. The lowest BCUT2D eigenvalue weighted by Gasteiger charge is -2.19. The van der Waals surface area contributed by atoms with E-state index in [1.54, 1.807) is 24.3 Å². The zero-order valence-electron chi connectivity index (χ0n) is 16.1. The van der Waals surface area contributed by atoms with Gasteiger partial charge in [-0.1, -0.05) is 29.8 Å². The van der Waals surface area contributed by atoms with Crippen LogP contribution in [0.15, 0.2) is 48.5 Å². The first kappa shape index (κ1) is 19.0. The van der Waals surface area contributed by atoms with Gasteiger partial charge in [0, 0.05) is 17.3 Å². The zero-order valence-corrected chi connectivity index (χ0v) is 16.1. The van der Waals surface area contributed by atoms with Crippen LogP contribution in [0.3, 0.4) is 0 Å². The van der Waals surface area contributed by atoms with Gasteiger partial charge in [0.2, 0.25) is 0 Å². The highest BCUT2D eigenvalue weighted by atomic mass is 16.2. The van der Waals surface area contributed by atoms with E-state index in [-0.39, 0.29) is 24.0 Å². The first-order chi connectivity index (χ1) is 12.9. The lowest BCUT2D eigenvalue weighted by atomic mass is 10.0. The summed E-state index contributed by atoms with van der Waals surface area (Å²) in [5.74, 6) is 0.419. The summed E-state index contributed by atoms with van der Waals surface area (Å²) in [4.78, 5) is 24.4. The van der Waals surface area contributed by atoms with E-state index in [0.717, 1.165) is 18.4 Å². The van der Waals surface area contributed by atoms with E-state index in [9.17, 15) is 9.59 Å². The van der Waals surface area contributed by atoms with Crippen molar-refractivity contribution in [2.45, 2.75) is 45.7 Å². The van der Waals surface area contributed by atoms with Gasteiger partial charge in [-0.05, 0) is 69.4 Å². The van der Waals surface area contributed by atoms with Crippen molar-refractivity contribution >= 4 is 17.6 Å². The molecule has 3 N–H and O–H groups in total. The molecule has 0 bridgehead atoms. The van der Waals surface area contributed by atoms with Crippen LogP contribution >= 0.6 is 0 Å². The minimum absolute atomic E-state index is 0.0488. The zero-order chi connectivity index (χ0) is 19.4. The maximum atomic E-state index is 12.7. The smallest absolute Gasteiger partial charge is 0.319 e. The van der Waals surface area contributed by atoms with Gasteiger partial charge in [0.15, 0.2) is 0 Å². The van der Waals surface area contributed by atoms with E-state index < -0.39 is 0 Å². The van der Waals surface area contributed by atoms with Crippen molar-refractivity contribution in [1.82, 2.24) is 10.6 Å². The Morgan fingerprint density at radius 3 is 2.11 bits per heavy atom. The molecule has 0 aliphatic heterocycles. The van der Waals surface area contributed by atoms with Gasteiger partial charge in [-0.25, -0.2) is 4.79 Å². The number of benzene rings is 2. The van der Waals surface area contributed by atoms with Gasteiger partial charge in [0.05, 0.1) is 6.04 Å². The second-order valence-electron chi connectivity index (χ2n) is 7.53. The molecular formula is C22H27N3O2. The lowest BCUT2D eigenvalue weighted by Crippen LogP contribution is -2.34. The van der Waals surface area contributed by atoms with Crippen LogP contribution in [0.5, 0.6) is 0 Å². The van der Waals surface area contributed by atoms with E-state index in [4.69, 9.17) is 0 Å². The number of amides is 3. The first-order valence-corrected chi connectivity index (χ1v) is 9.47. The van der Waals surface area contributed by atoms with Crippen molar-refractivity contribution in [3.05, 3.63) is 65.2 Å². The molecule has 5 heteroatoms. The summed E-state index contributed by atoms with van der Waals surface area (Å²) in [6.45, 7) is 5.86. The van der Waals surface area contributed by atoms with Gasteiger partial charge in [0.25, 0.3) is 5.91 Å². The van der Waals surface area contributed by atoms with Crippen molar-refractivity contribution in [3.63, 3.8) is 0 Å². The minimum Gasteiger partial charge on any atom is -0.345 e. The Balaban J connectivity index is 1.64. The number of hydrogen-bond donors (Lipinski definition) is 3. The summed E-state index contributed by atoms with van der Waals surface area (Å²) in [6.07, 6.45) is 2.29. The van der Waals surface area contributed by atoms with Crippen LogP contribution in [0.1, 0.15) is 54.2 Å². The Kier molecular flexibility index (Phi) is 5.79. The van der Waals surface area contributed by atoms with Gasteiger partial charge in [0.1, 0.15) is 0 Å². The van der Waals surface area contributed by atoms with E-state index >= 15 is 0 Å². The van der Waals surface area contributed by atoms with Crippen molar-refractivity contribution < 1.29 is 9.59 Å². The molecule has 1 saturated carbocycles. The Labute approximate surface area is 160 Å². The largest absolute Gasteiger partial charge is 0.345 e. The van der Waals surface area contributed by atoms with Crippen LogP contribution in [-0.4, -0.2) is 18.0 Å². The van der Waals surface area contributed by atoms with Gasteiger partial charge >= 0.3 is 6.03 Å². The average Bonchev–Trinajstić information content (AvgIpc) is 3.45. The summed E-state index contributed by atoms with van der Waals surface area (Å²) < 4.78 is 0. The number of urea groups is 1. The molecule has 0 aromatic heterocycles. The van der Waals surface area contributed by atoms with E-state index in [1.165, 1.54) is 5.56 Å². The Hall–Kier alpha value is -2.82. The third kappa shape index (κ3) is 5.33. The lowest BCUT2D eigenvalue weighted by molar-refractivity contribution is 0.0931. The summed E-state index contributed by atoms with van der Waals surface area (Å²) in [5.41, 5.74) is 3.61. The number of rotatable bonds is 6. The summed E-state index contributed by atoms with van der Waals surface area (Å²) in [5, 5.41) is 8.70. The molecule has 3 rings (SSSR count). The molecule has 3 amide bonds. The molecule has 1 unspecified atom stereocenters. The fraction of sp³-hybridized carbons (Fsp3) is 0.364. The maximum Gasteiger partial charge on any atom is 0.319 e. The number of carbonyl (C=O) groups is 2. The monoisotopic (exact) mass is 365 g/mol. The normalized spacial score (nSPS) is 14.5. The van der Waals surface area contributed by atoms with Gasteiger partial charge in [-0.3, -0.25) is 4.79 Å². The molecule has 0 spiro atoms. The Morgan fingerprint density at radius 1 is 0.926 bits per heavy atom. The van der Waals surface area contributed by atoms with E-state index in [0.29, 0.717) is 17.2 Å². The number of aryl methyl sites for hydroxylation is 1. The van der Waals surface area contributed by atoms with Crippen molar-refractivity contribution in [2.75, 3.05) is 5.32 Å². The maximum absolute atomic E-state index is 12.7. The molecule has 142 valence electrons. The molecule has 1 atom stereocenters. The summed E-state index contributed by atoms with van der Waals surface area (Å²) in [7, 11) is 0. The number of hydrogen-bond acceptors (Lipinski definition) is 2. The fourth-order valence-electron chi connectivity index (χ4n) is 3.04. The third-order valence-corrected chi connectivity index (χ3v) is 4.64. The van der Waals surface area contributed by atoms with E-state index in [1.807, 2.05) is 13.8 Å². The predicted octanol–water partition coefficient (Wildman–Crippen LogP) is 4.41. The molecule has 0 heterocycles. The summed E-state index contributed by atoms with van der Waals surface area (Å²) >= 11 is 0. The number of nitrogens with one attached hydrogen (secondary N) is 3. The number of anilines is 1. The Bertz CT molecular complexity index is 793. The molecule has 27 heavy (non-hydrogen) atoms. The molecule has 2 aromatic carbocycles. The van der Waals surface area contributed by atoms with Crippen LogP contribution in [0.4, 0.5) is 10.5 Å². The highest BCUT2D eigenvalue weighted by molar-refractivity contribution is 5.95. The van der Waals surface area contributed by atoms with Gasteiger partial charge in [-0.15, -0.1) is 0 Å². The van der Waals surface area contributed by atoms with Crippen molar-refractivity contribution in [2.24, 2.45) is 5.92 Å². The molecule has 0 saturated heterocycles. The minimum atomic E-state index is -0.254. The van der Waals surface area contributed by atoms with Gasteiger partial charge < -0.3 is 16.0 Å². The average molecular weight is 365 g/mol. The summed E-state index contributed by atoms with van der Waals surface area (Å²) in [6, 6.07) is 15.2. The quantitative estimate of drug-likeness (QED) is 0.710. The van der Waals surface area contributed by atoms with Crippen LogP contribution < -0.4 is 16.0 Å². The second-order valence-corrected chi connectivity index (χ2v) is 7.53. The van der Waals surface area contributed by atoms with Crippen LogP contribution in [0, 0.1) is 12.8 Å². The molecule has 1 fully saturated rings. The van der Waals surface area contributed by atoms with Crippen molar-refractivity contribution in [3.8, 4) is 0 Å². The molecule has 0 radical (unpaired) electrons. The predicted molar refractivity (Wildman–Crippen MR) is 108 cm³/mol. The number of carbonyl (C=O) groups excluding carboxylic acids is 2. The first-order valence-electron chi connectivity index (χ1n) is 9.47. The fourth-order valence-corrected chi connectivity index (χ4v) is 3.04. The molecule has 5 nitrogen and oxygen atoms in total. The highest BCUT2D eigenvalue weighted by Gasteiger charge is 2.33. The van der Waals surface area contributed by atoms with Crippen LogP contribution in [0.25, 0.3) is 0 Å². The molecular weight excluding hydrogens is 338 g/mol. The van der Waals surface area contributed by atoms with E-state index in [2.05, 4.69) is 47.1 Å². The topological polar surface area (TPSA) is 70.2 Å². The van der Waals surface area contributed by atoms with Crippen LogP contribution in [-0.2, 0) is 0 Å². The standard InChI is InChI=1S/C22H27N3O2/c1-14(2)23-22(27)24-19-12-10-18(11-13-19)21(26)25-20(17-8-9-17)16-6-4-15(3)5-7-16/h4-7,10-14,17,20H,8-9H2,1-3H3,(H,25,26)(H2,23,24,27). The Morgan fingerprint density at radius 2 is 1.56 bits per heavy atom. The second kappa shape index (κ2) is 8.25. The van der Waals surface area contributed by atoms with Crippen LogP contribution in [0.2, 0.25) is 0 Å². The highest BCUT2D eigenvalue weighted by Crippen LogP contribution is 2.41. The van der Waals surface area contributed by atoms with Gasteiger partial charge in [-0.2, -0.15) is 0 Å². The molecule has 1 aliphatic carbocycles. The molecule has 1 aliphatic rings.